The molecule has 212 valence electrons. The van der Waals surface area contributed by atoms with Crippen LogP contribution in [-0.4, -0.2) is 56.7 Å². The standard InChI is InChI=1S/C25H29ClN4O4S.C2H6.C2H4/c1-15-17(14-34-15)10-11-29(35(3,32)33)23-13-22-21(12-20(23)16-4-5-16)24(25(31)27-2)30(28-22)19-8-6-18(26)7-9-19;2*1-2/h6-9,12-13,15-17H,4-5,10-11,14H2,1-3H3,(H,27,31);1-2H3;1-2H2/t15?,17-;;/m0../s1. The van der Waals surface area contributed by atoms with E-state index in [9.17, 15) is 13.2 Å². The minimum Gasteiger partial charge on any atom is -0.378 e. The number of hydrogen-bond donors (Lipinski definition) is 1. The lowest BCUT2D eigenvalue weighted by Gasteiger charge is -2.36. The van der Waals surface area contributed by atoms with Gasteiger partial charge in [0.2, 0.25) is 10.0 Å². The topological polar surface area (TPSA) is 93.5 Å². The van der Waals surface area contributed by atoms with E-state index in [1.165, 1.54) is 10.6 Å². The number of carbonyl (C=O) groups excluding carboxylic acids is 1. The van der Waals surface area contributed by atoms with Crippen molar-refractivity contribution in [1.29, 1.82) is 0 Å². The van der Waals surface area contributed by atoms with Gasteiger partial charge in [0.1, 0.15) is 5.69 Å². The van der Waals surface area contributed by atoms with Crippen LogP contribution in [-0.2, 0) is 14.8 Å². The second kappa shape index (κ2) is 13.0. The van der Waals surface area contributed by atoms with E-state index in [4.69, 9.17) is 21.4 Å². The van der Waals surface area contributed by atoms with Gasteiger partial charge in [0.25, 0.3) is 5.91 Å². The summed E-state index contributed by atoms with van der Waals surface area (Å²) < 4.78 is 34.4. The van der Waals surface area contributed by atoms with Crippen LogP contribution >= 0.6 is 11.6 Å². The lowest BCUT2D eigenvalue weighted by molar-refractivity contribution is -0.104. The van der Waals surface area contributed by atoms with Crippen LogP contribution in [0.1, 0.15) is 62.0 Å². The van der Waals surface area contributed by atoms with Crippen LogP contribution in [0.5, 0.6) is 0 Å². The number of benzene rings is 2. The Balaban J connectivity index is 0.00000100. The summed E-state index contributed by atoms with van der Waals surface area (Å²) in [5.41, 5.74) is 3.26. The second-order valence-corrected chi connectivity index (χ2v) is 11.8. The molecule has 8 nitrogen and oxygen atoms in total. The Morgan fingerprint density at radius 1 is 1.21 bits per heavy atom. The number of sulfonamides is 1. The van der Waals surface area contributed by atoms with Crippen molar-refractivity contribution in [1.82, 2.24) is 15.1 Å². The number of hydrogen-bond acceptors (Lipinski definition) is 5. The monoisotopic (exact) mass is 574 g/mol. The number of aromatic nitrogens is 2. The molecular formula is C29H39ClN4O4S. The summed E-state index contributed by atoms with van der Waals surface area (Å²) in [5.74, 6) is 0.341. The number of nitrogens with zero attached hydrogens (tertiary/aromatic N) is 3. The molecule has 10 heteroatoms. The summed E-state index contributed by atoms with van der Waals surface area (Å²) in [7, 11) is -1.95. The van der Waals surface area contributed by atoms with E-state index >= 15 is 0 Å². The third-order valence-corrected chi connectivity index (χ3v) is 8.39. The minimum atomic E-state index is -3.53. The molecule has 2 atom stereocenters. The van der Waals surface area contributed by atoms with Crippen molar-refractivity contribution in [3.05, 3.63) is 65.8 Å². The highest BCUT2D eigenvalue weighted by atomic mass is 35.5. The molecular weight excluding hydrogens is 536 g/mol. The highest BCUT2D eigenvalue weighted by Crippen LogP contribution is 2.47. The van der Waals surface area contributed by atoms with Gasteiger partial charge in [0.05, 0.1) is 35.9 Å². The average Bonchev–Trinajstić information content (AvgIpc) is 3.71. The van der Waals surface area contributed by atoms with Crippen LogP contribution in [0.2, 0.25) is 5.02 Å². The van der Waals surface area contributed by atoms with E-state index in [1.807, 2.05) is 32.9 Å². The van der Waals surface area contributed by atoms with Crippen molar-refractivity contribution in [2.45, 2.75) is 52.1 Å². The van der Waals surface area contributed by atoms with E-state index in [-0.39, 0.29) is 17.9 Å². The first-order valence-corrected chi connectivity index (χ1v) is 15.5. The van der Waals surface area contributed by atoms with Crippen molar-refractivity contribution in [2.75, 3.05) is 30.8 Å². The zero-order valence-corrected chi connectivity index (χ0v) is 25.0. The molecule has 1 N–H and O–H groups in total. The number of amides is 1. The first kappa shape index (κ1) is 30.7. The molecule has 1 aromatic heterocycles. The van der Waals surface area contributed by atoms with E-state index < -0.39 is 10.0 Å². The SMILES string of the molecule is C=C.CC.CNC(=O)c1c2cc(C3CC3)c(N(CC[C@H]3COC3C)S(C)(=O)=O)cc2nn1-c1ccc(Cl)cc1. The molecule has 1 unspecified atom stereocenters. The molecule has 5 rings (SSSR count). The molecule has 1 aliphatic heterocycles. The molecule has 1 aliphatic carbocycles. The van der Waals surface area contributed by atoms with Gasteiger partial charge in [-0.15, -0.1) is 13.2 Å². The van der Waals surface area contributed by atoms with Gasteiger partial charge in [-0.25, -0.2) is 13.1 Å². The zero-order valence-electron chi connectivity index (χ0n) is 23.4. The molecule has 2 heterocycles. The van der Waals surface area contributed by atoms with Gasteiger partial charge in [-0.2, -0.15) is 5.10 Å². The Kier molecular flexibility index (Phi) is 10.2. The number of anilines is 1. The molecule has 0 radical (unpaired) electrons. The Morgan fingerprint density at radius 2 is 1.85 bits per heavy atom. The van der Waals surface area contributed by atoms with Crippen LogP contribution in [0.15, 0.2) is 49.6 Å². The minimum absolute atomic E-state index is 0.145. The Bertz CT molecular complexity index is 1400. The van der Waals surface area contributed by atoms with Gasteiger partial charge in [-0.05, 0) is 74.1 Å². The van der Waals surface area contributed by atoms with Gasteiger partial charge in [0, 0.05) is 29.9 Å². The van der Waals surface area contributed by atoms with E-state index in [0.29, 0.717) is 52.1 Å². The molecule has 1 saturated heterocycles. The maximum atomic E-state index is 13.0. The predicted octanol–water partition coefficient (Wildman–Crippen LogP) is 5.94. The Morgan fingerprint density at radius 3 is 2.33 bits per heavy atom. The number of halogens is 1. The number of nitrogens with one attached hydrogen (secondary N) is 1. The highest BCUT2D eigenvalue weighted by Gasteiger charge is 2.34. The smallest absolute Gasteiger partial charge is 0.270 e. The van der Waals surface area contributed by atoms with Crippen LogP contribution in [0.25, 0.3) is 16.6 Å². The molecule has 1 saturated carbocycles. The van der Waals surface area contributed by atoms with E-state index in [1.54, 1.807) is 36.0 Å². The van der Waals surface area contributed by atoms with Crippen molar-refractivity contribution in [3.8, 4) is 5.69 Å². The summed E-state index contributed by atoms with van der Waals surface area (Å²) in [6.07, 6.45) is 4.09. The van der Waals surface area contributed by atoms with Crippen LogP contribution in [0.3, 0.4) is 0 Å². The fraction of sp³-hybridized carbons (Fsp3) is 0.448. The average molecular weight is 575 g/mol. The summed E-state index contributed by atoms with van der Waals surface area (Å²) in [5, 5.41) is 8.72. The molecule has 2 aliphatic rings. The lowest BCUT2D eigenvalue weighted by Crippen LogP contribution is -2.41. The van der Waals surface area contributed by atoms with Gasteiger partial charge in [-0.3, -0.25) is 9.10 Å². The molecule has 1 amide bonds. The number of carbonyl (C=O) groups is 1. The van der Waals surface area contributed by atoms with Gasteiger partial charge in [-0.1, -0.05) is 25.4 Å². The third-order valence-electron chi connectivity index (χ3n) is 6.96. The summed E-state index contributed by atoms with van der Waals surface area (Å²) in [6, 6.07) is 10.9. The van der Waals surface area contributed by atoms with Crippen LogP contribution in [0.4, 0.5) is 5.69 Å². The van der Waals surface area contributed by atoms with Crippen molar-refractivity contribution in [3.63, 3.8) is 0 Å². The van der Waals surface area contributed by atoms with Gasteiger partial charge in [0.15, 0.2) is 0 Å². The van der Waals surface area contributed by atoms with E-state index in [0.717, 1.165) is 24.8 Å². The molecule has 2 fully saturated rings. The maximum Gasteiger partial charge on any atom is 0.270 e. The fourth-order valence-corrected chi connectivity index (χ4v) is 5.75. The summed E-state index contributed by atoms with van der Waals surface area (Å²) >= 11 is 6.06. The van der Waals surface area contributed by atoms with Crippen molar-refractivity contribution < 1.29 is 17.9 Å². The van der Waals surface area contributed by atoms with Crippen LogP contribution in [0, 0.1) is 5.92 Å². The summed E-state index contributed by atoms with van der Waals surface area (Å²) in [4.78, 5) is 13.0. The molecule has 2 aromatic carbocycles. The maximum absolute atomic E-state index is 13.0. The third kappa shape index (κ3) is 6.65. The first-order chi connectivity index (χ1) is 18.7. The quantitative estimate of drug-likeness (QED) is 0.336. The molecule has 0 bridgehead atoms. The van der Waals surface area contributed by atoms with E-state index in [2.05, 4.69) is 18.5 Å². The molecule has 3 aromatic rings. The molecule has 39 heavy (non-hydrogen) atoms. The van der Waals surface area contributed by atoms with Gasteiger partial charge < -0.3 is 10.1 Å². The van der Waals surface area contributed by atoms with Crippen molar-refractivity contribution in [2.24, 2.45) is 5.92 Å². The largest absolute Gasteiger partial charge is 0.378 e. The number of ether oxygens (including phenoxy) is 1. The Labute approximate surface area is 237 Å². The number of rotatable bonds is 8. The lowest BCUT2D eigenvalue weighted by atomic mass is 9.95. The van der Waals surface area contributed by atoms with Crippen LogP contribution < -0.4 is 9.62 Å². The van der Waals surface area contributed by atoms with Crippen molar-refractivity contribution >= 4 is 44.1 Å². The summed E-state index contributed by atoms with van der Waals surface area (Å²) in [6.45, 7) is 13.1. The predicted molar refractivity (Wildman–Crippen MR) is 160 cm³/mol. The first-order valence-electron chi connectivity index (χ1n) is 13.3. The molecule has 0 spiro atoms. The number of fused-ring (bicyclic) bond motifs is 1. The normalized spacial score (nSPS) is 18.2. The second-order valence-electron chi connectivity index (χ2n) is 9.44. The zero-order chi connectivity index (χ0) is 28.9. The Hall–Kier alpha value is -2.88. The van der Waals surface area contributed by atoms with Gasteiger partial charge >= 0.3 is 0 Å². The fourth-order valence-electron chi connectivity index (χ4n) is 4.67. The highest BCUT2D eigenvalue weighted by molar-refractivity contribution is 7.92.